The van der Waals surface area contributed by atoms with E-state index < -0.39 is 0 Å². The number of carbonyl (C=O) groups is 1. The van der Waals surface area contributed by atoms with Crippen LogP contribution in [-0.4, -0.2) is 19.0 Å². The van der Waals surface area contributed by atoms with Crippen molar-refractivity contribution in [2.45, 2.75) is 40.0 Å². The van der Waals surface area contributed by atoms with Gasteiger partial charge in [-0.05, 0) is 43.9 Å². The van der Waals surface area contributed by atoms with Gasteiger partial charge in [0.25, 0.3) is 0 Å². The minimum absolute atomic E-state index is 0.00477. The lowest BCUT2D eigenvalue weighted by molar-refractivity contribution is -0.118. The number of nitrogens with zero attached hydrogens (tertiary/aromatic N) is 1. The molecule has 0 aliphatic carbocycles. The Hall–Kier alpha value is -1.71. The molecule has 1 amide bonds. The Bertz CT molecular complexity index is 491. The van der Waals surface area contributed by atoms with Crippen LogP contribution in [0.3, 0.4) is 0 Å². The fraction of sp³-hybridized carbons (Fsp3) is 0.562. The Labute approximate surface area is 121 Å². The van der Waals surface area contributed by atoms with Gasteiger partial charge in [-0.2, -0.15) is 0 Å². The molecule has 0 unspecified atom stereocenters. The van der Waals surface area contributed by atoms with Crippen molar-refractivity contribution in [2.24, 2.45) is 5.92 Å². The molecule has 2 rings (SSSR count). The lowest BCUT2D eigenvalue weighted by Gasteiger charge is -2.31. The third-order valence-electron chi connectivity index (χ3n) is 3.85. The standard InChI is InChI=1S/C16H25N3O/c1-11(2)16(20)18-14-10-15(12(3)9-13(14)17)19-7-5-4-6-8-19/h9-11H,4-8,17H2,1-3H3,(H,18,20). The second-order valence-corrected chi connectivity index (χ2v) is 5.92. The van der Waals surface area contributed by atoms with E-state index >= 15 is 0 Å². The summed E-state index contributed by atoms with van der Waals surface area (Å²) < 4.78 is 0. The van der Waals surface area contributed by atoms with Crippen LogP contribution in [0.5, 0.6) is 0 Å². The summed E-state index contributed by atoms with van der Waals surface area (Å²) in [6.07, 6.45) is 3.77. The molecule has 0 atom stereocenters. The van der Waals surface area contributed by atoms with Crippen LogP contribution in [0, 0.1) is 12.8 Å². The molecule has 4 nitrogen and oxygen atoms in total. The van der Waals surface area contributed by atoms with Crippen LogP contribution in [-0.2, 0) is 4.79 Å². The van der Waals surface area contributed by atoms with Crippen molar-refractivity contribution in [3.05, 3.63) is 17.7 Å². The summed E-state index contributed by atoms with van der Waals surface area (Å²) in [4.78, 5) is 14.2. The predicted molar refractivity (Wildman–Crippen MR) is 85.1 cm³/mol. The van der Waals surface area contributed by atoms with Gasteiger partial charge in [0.2, 0.25) is 5.91 Å². The molecule has 0 bridgehead atoms. The number of amides is 1. The molecule has 0 radical (unpaired) electrons. The Balaban J connectivity index is 2.26. The molecule has 0 aromatic heterocycles. The monoisotopic (exact) mass is 275 g/mol. The first-order valence-electron chi connectivity index (χ1n) is 7.45. The molecule has 0 spiro atoms. The highest BCUT2D eigenvalue weighted by atomic mass is 16.1. The highest BCUT2D eigenvalue weighted by Gasteiger charge is 2.16. The van der Waals surface area contributed by atoms with Crippen LogP contribution in [0.25, 0.3) is 0 Å². The fourth-order valence-corrected chi connectivity index (χ4v) is 2.58. The maximum Gasteiger partial charge on any atom is 0.226 e. The zero-order valence-corrected chi connectivity index (χ0v) is 12.7. The van der Waals surface area contributed by atoms with Crippen molar-refractivity contribution in [3.8, 4) is 0 Å². The number of aryl methyl sites for hydroxylation is 1. The van der Waals surface area contributed by atoms with E-state index in [1.54, 1.807) is 0 Å². The number of piperidine rings is 1. The number of hydrogen-bond acceptors (Lipinski definition) is 3. The molecule has 0 saturated carbocycles. The van der Waals surface area contributed by atoms with Gasteiger partial charge in [0.05, 0.1) is 11.4 Å². The molecule has 1 aliphatic rings. The molecule has 3 N–H and O–H groups in total. The summed E-state index contributed by atoms with van der Waals surface area (Å²) in [6.45, 7) is 8.01. The Morgan fingerprint density at radius 3 is 2.50 bits per heavy atom. The number of rotatable bonds is 3. The van der Waals surface area contributed by atoms with Crippen molar-refractivity contribution in [1.82, 2.24) is 0 Å². The van der Waals surface area contributed by atoms with Crippen LogP contribution < -0.4 is 16.0 Å². The molecule has 20 heavy (non-hydrogen) atoms. The number of carbonyl (C=O) groups excluding carboxylic acids is 1. The van der Waals surface area contributed by atoms with Gasteiger partial charge in [-0.15, -0.1) is 0 Å². The quantitative estimate of drug-likeness (QED) is 0.833. The maximum atomic E-state index is 11.9. The number of nitrogens with one attached hydrogen (secondary N) is 1. The van der Waals surface area contributed by atoms with Crippen LogP contribution in [0.2, 0.25) is 0 Å². The summed E-state index contributed by atoms with van der Waals surface area (Å²) >= 11 is 0. The molecule has 1 heterocycles. The SMILES string of the molecule is Cc1cc(N)c(NC(=O)C(C)C)cc1N1CCCCC1. The number of hydrogen-bond donors (Lipinski definition) is 2. The first-order chi connectivity index (χ1) is 9.49. The topological polar surface area (TPSA) is 58.4 Å². The number of benzene rings is 1. The van der Waals surface area contributed by atoms with E-state index in [9.17, 15) is 4.79 Å². The van der Waals surface area contributed by atoms with E-state index in [-0.39, 0.29) is 11.8 Å². The van der Waals surface area contributed by atoms with Crippen LogP contribution in [0.4, 0.5) is 17.1 Å². The first kappa shape index (κ1) is 14.7. The normalized spacial score (nSPS) is 15.5. The lowest BCUT2D eigenvalue weighted by atomic mass is 10.1. The lowest BCUT2D eigenvalue weighted by Crippen LogP contribution is -2.30. The average Bonchev–Trinajstić information content (AvgIpc) is 2.42. The second-order valence-electron chi connectivity index (χ2n) is 5.92. The molecule has 1 fully saturated rings. The molecule has 1 saturated heterocycles. The molecule has 1 aromatic rings. The predicted octanol–water partition coefficient (Wildman–Crippen LogP) is 3.16. The number of nitrogen functional groups attached to an aromatic ring is 1. The van der Waals surface area contributed by atoms with Gasteiger partial charge in [0, 0.05) is 24.7 Å². The van der Waals surface area contributed by atoms with Crippen molar-refractivity contribution in [2.75, 3.05) is 29.0 Å². The summed E-state index contributed by atoms with van der Waals surface area (Å²) in [5.74, 6) is -0.0423. The Kier molecular flexibility index (Phi) is 4.53. The minimum Gasteiger partial charge on any atom is -0.397 e. The van der Waals surface area contributed by atoms with Gasteiger partial charge >= 0.3 is 0 Å². The van der Waals surface area contributed by atoms with Crippen LogP contribution in [0.15, 0.2) is 12.1 Å². The maximum absolute atomic E-state index is 11.9. The number of anilines is 3. The third kappa shape index (κ3) is 3.24. The van der Waals surface area contributed by atoms with E-state index in [1.165, 1.54) is 30.5 Å². The largest absolute Gasteiger partial charge is 0.397 e. The van der Waals surface area contributed by atoms with E-state index in [4.69, 9.17) is 5.73 Å². The van der Waals surface area contributed by atoms with E-state index in [0.717, 1.165) is 18.8 Å². The highest BCUT2D eigenvalue weighted by Crippen LogP contribution is 2.31. The molecular weight excluding hydrogens is 250 g/mol. The van der Waals surface area contributed by atoms with Crippen molar-refractivity contribution in [1.29, 1.82) is 0 Å². The molecule has 1 aliphatic heterocycles. The summed E-state index contributed by atoms with van der Waals surface area (Å²) in [6, 6.07) is 3.98. The van der Waals surface area contributed by atoms with Gasteiger partial charge in [0.1, 0.15) is 0 Å². The zero-order chi connectivity index (χ0) is 14.7. The fourth-order valence-electron chi connectivity index (χ4n) is 2.58. The van der Waals surface area contributed by atoms with E-state index in [1.807, 2.05) is 26.0 Å². The highest BCUT2D eigenvalue weighted by molar-refractivity contribution is 5.96. The van der Waals surface area contributed by atoms with Crippen LogP contribution in [0.1, 0.15) is 38.7 Å². The van der Waals surface area contributed by atoms with Gasteiger partial charge in [0.15, 0.2) is 0 Å². The zero-order valence-electron chi connectivity index (χ0n) is 12.7. The van der Waals surface area contributed by atoms with Crippen molar-refractivity contribution in [3.63, 3.8) is 0 Å². The van der Waals surface area contributed by atoms with Gasteiger partial charge in [-0.3, -0.25) is 4.79 Å². The molecule has 1 aromatic carbocycles. The van der Waals surface area contributed by atoms with Crippen LogP contribution >= 0.6 is 0 Å². The molecular formula is C16H25N3O. The van der Waals surface area contributed by atoms with Gasteiger partial charge in [-0.25, -0.2) is 0 Å². The average molecular weight is 275 g/mol. The van der Waals surface area contributed by atoms with Gasteiger partial charge < -0.3 is 16.0 Å². The summed E-state index contributed by atoms with van der Waals surface area (Å²) in [5, 5.41) is 2.93. The summed E-state index contributed by atoms with van der Waals surface area (Å²) in [7, 11) is 0. The van der Waals surface area contributed by atoms with Gasteiger partial charge in [-0.1, -0.05) is 13.8 Å². The molecule has 110 valence electrons. The Morgan fingerprint density at radius 1 is 1.25 bits per heavy atom. The minimum atomic E-state index is -0.0471. The van der Waals surface area contributed by atoms with Crippen molar-refractivity contribution < 1.29 is 4.79 Å². The Morgan fingerprint density at radius 2 is 1.90 bits per heavy atom. The van der Waals surface area contributed by atoms with Crippen molar-refractivity contribution >= 4 is 23.0 Å². The third-order valence-corrected chi connectivity index (χ3v) is 3.85. The first-order valence-corrected chi connectivity index (χ1v) is 7.45. The second kappa shape index (κ2) is 6.16. The van der Waals surface area contributed by atoms with E-state index in [0.29, 0.717) is 5.69 Å². The molecule has 4 heteroatoms. The van der Waals surface area contributed by atoms with E-state index in [2.05, 4.69) is 17.1 Å². The summed E-state index contributed by atoms with van der Waals surface area (Å²) in [5.41, 5.74) is 9.77. The number of nitrogens with two attached hydrogens (primary N) is 1. The smallest absolute Gasteiger partial charge is 0.226 e.